The van der Waals surface area contributed by atoms with Gasteiger partial charge in [0.1, 0.15) is 0 Å². The Hall–Kier alpha value is -4.16. The number of rotatable bonds is 7. The Bertz CT molecular complexity index is 1490. The Morgan fingerprint density at radius 3 is 2.35 bits per heavy atom. The van der Waals surface area contributed by atoms with Gasteiger partial charge in [0.2, 0.25) is 0 Å². The normalized spacial score (nSPS) is 14.8. The number of likely N-dealkylation sites (tertiary alicyclic amines) is 1. The van der Waals surface area contributed by atoms with Gasteiger partial charge in [0.25, 0.3) is 0 Å². The van der Waals surface area contributed by atoms with Crippen LogP contribution in [0.2, 0.25) is 0 Å². The van der Waals surface area contributed by atoms with E-state index in [-0.39, 0.29) is 0 Å². The van der Waals surface area contributed by atoms with E-state index in [1.807, 2.05) is 18.2 Å². The molecule has 0 aliphatic carbocycles. The van der Waals surface area contributed by atoms with Crippen molar-refractivity contribution in [3.8, 4) is 11.3 Å². The summed E-state index contributed by atoms with van der Waals surface area (Å²) in [4.78, 5) is 13.6. The SMILES string of the molecule is O=C(O)c1ccc(C2CCN(Cc3ccc4c(ccn4Cc4ccc(-c5ccn[nH]5)cc4)c3)CC2)cc1. The van der Waals surface area contributed by atoms with E-state index in [2.05, 4.69) is 74.4 Å². The lowest BCUT2D eigenvalue weighted by molar-refractivity contribution is 0.0697. The van der Waals surface area contributed by atoms with Crippen LogP contribution < -0.4 is 0 Å². The van der Waals surface area contributed by atoms with Crippen molar-refractivity contribution < 1.29 is 9.90 Å². The first kappa shape index (κ1) is 23.3. The number of H-pyrrole nitrogens is 1. The van der Waals surface area contributed by atoms with Crippen LogP contribution in [0.5, 0.6) is 0 Å². The van der Waals surface area contributed by atoms with E-state index < -0.39 is 5.97 Å². The van der Waals surface area contributed by atoms with Gasteiger partial charge in [0.05, 0.1) is 11.3 Å². The number of carbonyl (C=O) groups is 1. The number of carboxylic acids is 1. The second kappa shape index (κ2) is 10.1. The molecule has 1 saturated heterocycles. The minimum atomic E-state index is -0.867. The predicted molar refractivity (Wildman–Crippen MR) is 146 cm³/mol. The summed E-state index contributed by atoms with van der Waals surface area (Å²) in [6.07, 6.45) is 6.16. The highest BCUT2D eigenvalue weighted by Gasteiger charge is 2.21. The van der Waals surface area contributed by atoms with E-state index in [0.29, 0.717) is 11.5 Å². The number of benzene rings is 3. The molecule has 6 heteroatoms. The van der Waals surface area contributed by atoms with Crippen LogP contribution in [0, 0.1) is 0 Å². The number of aromatic nitrogens is 3. The van der Waals surface area contributed by atoms with Gasteiger partial charge in [-0.25, -0.2) is 4.79 Å². The van der Waals surface area contributed by atoms with Crippen LogP contribution in [0.1, 0.15) is 45.8 Å². The number of nitrogens with zero attached hydrogens (tertiary/aromatic N) is 3. The van der Waals surface area contributed by atoms with Crippen molar-refractivity contribution in [2.24, 2.45) is 0 Å². The first-order valence-electron chi connectivity index (χ1n) is 12.8. The molecule has 0 amide bonds. The van der Waals surface area contributed by atoms with E-state index in [4.69, 9.17) is 5.11 Å². The Labute approximate surface area is 216 Å². The summed E-state index contributed by atoms with van der Waals surface area (Å²) < 4.78 is 2.31. The molecule has 6 nitrogen and oxygen atoms in total. The number of hydrogen-bond donors (Lipinski definition) is 2. The van der Waals surface area contributed by atoms with Gasteiger partial charge in [-0.3, -0.25) is 10.00 Å². The maximum atomic E-state index is 11.1. The lowest BCUT2D eigenvalue weighted by Crippen LogP contribution is -2.32. The number of aromatic amines is 1. The molecule has 1 aliphatic heterocycles. The molecule has 0 atom stereocenters. The highest BCUT2D eigenvalue weighted by molar-refractivity contribution is 5.87. The van der Waals surface area contributed by atoms with Crippen molar-refractivity contribution >= 4 is 16.9 Å². The number of hydrogen-bond acceptors (Lipinski definition) is 3. The van der Waals surface area contributed by atoms with Gasteiger partial charge in [-0.2, -0.15) is 5.10 Å². The van der Waals surface area contributed by atoms with E-state index in [9.17, 15) is 4.79 Å². The lowest BCUT2D eigenvalue weighted by Gasteiger charge is -2.32. The summed E-state index contributed by atoms with van der Waals surface area (Å²) in [5.41, 5.74) is 7.65. The average molecular weight is 491 g/mol. The Balaban J connectivity index is 1.07. The molecular formula is C31H30N4O2. The van der Waals surface area contributed by atoms with Crippen LogP contribution in [-0.4, -0.2) is 43.8 Å². The predicted octanol–water partition coefficient (Wildman–Crippen LogP) is 6.16. The summed E-state index contributed by atoms with van der Waals surface area (Å²) in [5.74, 6) is -0.363. The minimum Gasteiger partial charge on any atom is -0.478 e. The second-order valence-electron chi connectivity index (χ2n) is 9.98. The zero-order chi connectivity index (χ0) is 25.2. The van der Waals surface area contributed by atoms with Gasteiger partial charge >= 0.3 is 5.97 Å². The van der Waals surface area contributed by atoms with E-state index in [1.165, 1.54) is 27.6 Å². The van der Waals surface area contributed by atoms with Gasteiger partial charge in [-0.05, 0) is 95.9 Å². The molecule has 0 radical (unpaired) electrons. The molecule has 2 aromatic heterocycles. The molecule has 1 aliphatic rings. The quantitative estimate of drug-likeness (QED) is 0.287. The Morgan fingerprint density at radius 1 is 0.892 bits per heavy atom. The molecule has 3 heterocycles. The highest BCUT2D eigenvalue weighted by Crippen LogP contribution is 2.29. The topological polar surface area (TPSA) is 74.2 Å². The summed E-state index contributed by atoms with van der Waals surface area (Å²) in [6, 6.07) is 27.1. The number of fused-ring (bicyclic) bond motifs is 1. The fourth-order valence-electron chi connectivity index (χ4n) is 5.47. The summed E-state index contributed by atoms with van der Waals surface area (Å²) in [7, 11) is 0. The average Bonchev–Trinajstić information content (AvgIpc) is 3.60. The van der Waals surface area contributed by atoms with Crippen molar-refractivity contribution in [1.82, 2.24) is 19.7 Å². The molecule has 6 rings (SSSR count). The number of carboxylic acid groups (broad SMARTS) is 1. The number of nitrogens with one attached hydrogen (secondary N) is 1. The first-order chi connectivity index (χ1) is 18.1. The van der Waals surface area contributed by atoms with Crippen LogP contribution in [0.3, 0.4) is 0 Å². The molecule has 0 spiro atoms. The van der Waals surface area contributed by atoms with Crippen LogP contribution in [0.4, 0.5) is 0 Å². The third-order valence-corrected chi connectivity index (χ3v) is 7.58. The number of piperidine rings is 1. The van der Waals surface area contributed by atoms with Crippen LogP contribution in [-0.2, 0) is 13.1 Å². The molecule has 0 saturated carbocycles. The van der Waals surface area contributed by atoms with E-state index in [1.54, 1.807) is 18.3 Å². The molecule has 1 fully saturated rings. The zero-order valence-corrected chi connectivity index (χ0v) is 20.7. The van der Waals surface area contributed by atoms with Gasteiger partial charge in [0, 0.05) is 31.0 Å². The molecule has 37 heavy (non-hydrogen) atoms. The third-order valence-electron chi connectivity index (χ3n) is 7.58. The largest absolute Gasteiger partial charge is 0.478 e. The molecule has 186 valence electrons. The highest BCUT2D eigenvalue weighted by atomic mass is 16.4. The molecule has 0 bridgehead atoms. The maximum absolute atomic E-state index is 11.1. The zero-order valence-electron chi connectivity index (χ0n) is 20.7. The fraction of sp³-hybridized carbons (Fsp3) is 0.226. The second-order valence-corrected chi connectivity index (χ2v) is 9.98. The van der Waals surface area contributed by atoms with Crippen molar-refractivity contribution in [2.45, 2.75) is 31.8 Å². The van der Waals surface area contributed by atoms with Gasteiger partial charge < -0.3 is 9.67 Å². The minimum absolute atomic E-state index is 0.355. The summed E-state index contributed by atoms with van der Waals surface area (Å²) in [6.45, 7) is 3.91. The molecule has 2 N–H and O–H groups in total. The van der Waals surface area contributed by atoms with Gasteiger partial charge in [-0.1, -0.05) is 42.5 Å². The van der Waals surface area contributed by atoms with Gasteiger partial charge in [0.15, 0.2) is 0 Å². The van der Waals surface area contributed by atoms with Crippen molar-refractivity contribution in [2.75, 3.05) is 13.1 Å². The van der Waals surface area contributed by atoms with Crippen LogP contribution in [0.15, 0.2) is 91.3 Å². The van der Waals surface area contributed by atoms with Gasteiger partial charge in [-0.15, -0.1) is 0 Å². The van der Waals surface area contributed by atoms with E-state index >= 15 is 0 Å². The lowest BCUT2D eigenvalue weighted by atomic mass is 9.89. The first-order valence-corrected chi connectivity index (χ1v) is 12.8. The van der Waals surface area contributed by atoms with Crippen LogP contribution in [0.25, 0.3) is 22.2 Å². The fourth-order valence-corrected chi connectivity index (χ4v) is 5.47. The standard InChI is InChI=1S/C31H30N4O2/c36-31(37)27-8-6-24(7-9-27)25-12-16-34(17-13-25)20-23-3-10-30-28(19-23)14-18-35(30)21-22-1-4-26(5-2-22)29-11-15-32-33-29/h1-11,14-15,18-19,25H,12-13,16-17,20-21H2,(H,32,33)(H,36,37). The Kier molecular flexibility index (Phi) is 6.33. The van der Waals surface area contributed by atoms with E-state index in [0.717, 1.165) is 50.3 Å². The monoisotopic (exact) mass is 490 g/mol. The molecule has 5 aromatic rings. The summed E-state index contributed by atoms with van der Waals surface area (Å²) >= 11 is 0. The Morgan fingerprint density at radius 2 is 1.65 bits per heavy atom. The third kappa shape index (κ3) is 5.06. The van der Waals surface area contributed by atoms with Crippen molar-refractivity contribution in [1.29, 1.82) is 0 Å². The molecule has 3 aromatic carbocycles. The summed E-state index contributed by atoms with van der Waals surface area (Å²) in [5, 5.41) is 17.5. The maximum Gasteiger partial charge on any atom is 0.335 e. The van der Waals surface area contributed by atoms with Crippen molar-refractivity contribution in [3.63, 3.8) is 0 Å². The smallest absolute Gasteiger partial charge is 0.335 e. The molecular weight excluding hydrogens is 460 g/mol. The van der Waals surface area contributed by atoms with Crippen molar-refractivity contribution in [3.05, 3.63) is 114 Å². The number of aromatic carboxylic acids is 1. The van der Waals surface area contributed by atoms with Crippen LogP contribution >= 0.6 is 0 Å². The molecule has 0 unspecified atom stereocenters.